The van der Waals surface area contributed by atoms with Gasteiger partial charge in [-0.2, -0.15) is 0 Å². The second kappa shape index (κ2) is 3.57. The molecule has 1 aliphatic heterocycles. The van der Waals surface area contributed by atoms with Crippen molar-refractivity contribution >= 4 is 19.7 Å². The van der Waals surface area contributed by atoms with Crippen LogP contribution in [0.2, 0.25) is 0 Å². The van der Waals surface area contributed by atoms with Crippen LogP contribution in [-0.4, -0.2) is 22.1 Å². The highest BCUT2D eigenvalue weighted by Gasteiger charge is 2.22. The molecule has 0 atom stereocenters. The molecule has 82 valence electrons. The Morgan fingerprint density at radius 3 is 2.80 bits per heavy atom. The van der Waals surface area contributed by atoms with Gasteiger partial charge in [0.1, 0.15) is 16.4 Å². The molecular weight excluding hydrogens is 240 g/mol. The predicted octanol–water partition coefficient (Wildman–Crippen LogP) is 1.56. The van der Waals surface area contributed by atoms with Gasteiger partial charge in [-0.05, 0) is 6.07 Å². The zero-order valence-corrected chi connectivity index (χ0v) is 9.56. The molecule has 1 aliphatic rings. The highest BCUT2D eigenvalue weighted by molar-refractivity contribution is 8.13. The summed E-state index contributed by atoms with van der Waals surface area (Å²) in [4.78, 5) is -0.0488. The average molecular weight is 249 g/mol. The lowest BCUT2D eigenvalue weighted by atomic mass is 10.1. The van der Waals surface area contributed by atoms with E-state index in [9.17, 15) is 8.42 Å². The van der Waals surface area contributed by atoms with E-state index in [4.69, 9.17) is 20.2 Å². The quantitative estimate of drug-likeness (QED) is 0.746. The maximum Gasteiger partial charge on any atom is 0.265 e. The summed E-state index contributed by atoms with van der Waals surface area (Å²) in [5, 5.41) is 0. The topological polar surface area (TPSA) is 52.6 Å². The summed E-state index contributed by atoms with van der Waals surface area (Å²) in [5.74, 6) is 0.823. The van der Waals surface area contributed by atoms with Crippen molar-refractivity contribution in [2.45, 2.75) is 11.3 Å². The number of hydrogen-bond acceptors (Lipinski definition) is 4. The van der Waals surface area contributed by atoms with E-state index in [1.165, 1.54) is 13.2 Å². The van der Waals surface area contributed by atoms with Gasteiger partial charge in [-0.1, -0.05) is 0 Å². The van der Waals surface area contributed by atoms with Gasteiger partial charge in [0.25, 0.3) is 9.05 Å². The molecule has 0 saturated heterocycles. The van der Waals surface area contributed by atoms with Crippen molar-refractivity contribution in [3.05, 3.63) is 17.7 Å². The van der Waals surface area contributed by atoms with Crippen molar-refractivity contribution in [2.24, 2.45) is 0 Å². The summed E-state index contributed by atoms with van der Waals surface area (Å²) in [6.45, 7) is 0.560. The Morgan fingerprint density at radius 1 is 1.47 bits per heavy atom. The average Bonchev–Trinajstić information content (AvgIpc) is 2.60. The van der Waals surface area contributed by atoms with Crippen molar-refractivity contribution in [1.82, 2.24) is 0 Å². The van der Waals surface area contributed by atoms with Gasteiger partial charge in [-0.15, -0.1) is 0 Å². The molecule has 0 bridgehead atoms. The number of halogens is 1. The summed E-state index contributed by atoms with van der Waals surface area (Å²) in [6, 6.07) is 3.06. The summed E-state index contributed by atoms with van der Waals surface area (Å²) in [6.07, 6.45) is 0.758. The lowest BCUT2D eigenvalue weighted by Gasteiger charge is -2.07. The first-order valence-electron chi connectivity index (χ1n) is 4.31. The van der Waals surface area contributed by atoms with E-state index in [1.54, 1.807) is 6.07 Å². The van der Waals surface area contributed by atoms with Gasteiger partial charge in [0.15, 0.2) is 0 Å². The number of fused-ring (bicyclic) bond motifs is 1. The van der Waals surface area contributed by atoms with Crippen LogP contribution in [0.4, 0.5) is 0 Å². The minimum Gasteiger partial charge on any atom is -0.495 e. The Labute approximate surface area is 92.2 Å². The molecule has 0 aromatic heterocycles. The molecule has 1 aromatic carbocycles. The number of rotatable bonds is 2. The maximum atomic E-state index is 11.2. The van der Waals surface area contributed by atoms with Gasteiger partial charge in [0.2, 0.25) is 0 Å². The highest BCUT2D eigenvalue weighted by Crippen LogP contribution is 2.36. The fourth-order valence-corrected chi connectivity index (χ4v) is 2.53. The molecular formula is C9H9ClO4S. The van der Waals surface area contributed by atoms with Crippen LogP contribution in [0, 0.1) is 0 Å². The van der Waals surface area contributed by atoms with Crippen LogP contribution in [0.1, 0.15) is 5.56 Å². The second-order valence-electron chi connectivity index (χ2n) is 3.15. The molecule has 0 radical (unpaired) electrons. The van der Waals surface area contributed by atoms with E-state index >= 15 is 0 Å². The zero-order valence-electron chi connectivity index (χ0n) is 7.99. The Morgan fingerprint density at radius 2 is 2.20 bits per heavy atom. The van der Waals surface area contributed by atoms with E-state index in [-0.39, 0.29) is 10.6 Å². The van der Waals surface area contributed by atoms with Crippen LogP contribution in [0.25, 0.3) is 0 Å². The highest BCUT2D eigenvalue weighted by atomic mass is 35.7. The summed E-state index contributed by atoms with van der Waals surface area (Å²) >= 11 is 0. The monoisotopic (exact) mass is 248 g/mol. The first-order chi connectivity index (χ1) is 7.02. The third-order valence-corrected chi connectivity index (χ3v) is 3.58. The molecule has 6 heteroatoms. The Balaban J connectivity index is 2.64. The second-order valence-corrected chi connectivity index (χ2v) is 5.68. The third kappa shape index (κ3) is 1.89. The summed E-state index contributed by atoms with van der Waals surface area (Å²) < 4.78 is 32.7. The minimum atomic E-state index is -3.80. The maximum absolute atomic E-state index is 11.2. The van der Waals surface area contributed by atoms with Crippen molar-refractivity contribution in [1.29, 1.82) is 0 Å². The molecule has 2 rings (SSSR count). The van der Waals surface area contributed by atoms with E-state index in [1.807, 2.05) is 0 Å². The van der Waals surface area contributed by atoms with Gasteiger partial charge < -0.3 is 9.47 Å². The normalized spacial score (nSPS) is 14.5. The van der Waals surface area contributed by atoms with Crippen LogP contribution in [-0.2, 0) is 15.5 Å². The lowest BCUT2D eigenvalue weighted by molar-refractivity contribution is 0.355. The van der Waals surface area contributed by atoms with Crippen LogP contribution < -0.4 is 9.47 Å². The van der Waals surface area contributed by atoms with Gasteiger partial charge in [0, 0.05) is 28.7 Å². The minimum absolute atomic E-state index is 0.0488. The predicted molar refractivity (Wildman–Crippen MR) is 55.2 cm³/mol. The van der Waals surface area contributed by atoms with Crippen molar-refractivity contribution < 1.29 is 17.9 Å². The molecule has 0 unspecified atom stereocenters. The zero-order chi connectivity index (χ0) is 11.1. The van der Waals surface area contributed by atoms with Gasteiger partial charge in [0.05, 0.1) is 13.7 Å². The number of methoxy groups -OCH3 is 1. The first kappa shape index (κ1) is 10.6. The van der Waals surface area contributed by atoms with E-state index in [2.05, 4.69) is 0 Å². The van der Waals surface area contributed by atoms with Crippen LogP contribution in [0.5, 0.6) is 11.5 Å². The largest absolute Gasteiger partial charge is 0.495 e. The van der Waals surface area contributed by atoms with Gasteiger partial charge in [-0.3, -0.25) is 0 Å². The summed E-state index contributed by atoms with van der Waals surface area (Å²) in [7, 11) is 2.89. The number of benzene rings is 1. The Bertz CT molecular complexity index is 495. The fourth-order valence-electron chi connectivity index (χ4n) is 1.53. The van der Waals surface area contributed by atoms with Crippen molar-refractivity contribution in [3.8, 4) is 11.5 Å². The van der Waals surface area contributed by atoms with Crippen molar-refractivity contribution in [3.63, 3.8) is 0 Å². The van der Waals surface area contributed by atoms with Crippen LogP contribution in [0.3, 0.4) is 0 Å². The van der Waals surface area contributed by atoms with E-state index < -0.39 is 9.05 Å². The molecule has 0 spiro atoms. The number of ether oxygens (including phenoxy) is 2. The van der Waals surface area contributed by atoms with Crippen molar-refractivity contribution in [2.75, 3.05) is 13.7 Å². The lowest BCUT2D eigenvalue weighted by Crippen LogP contribution is -1.97. The van der Waals surface area contributed by atoms with Crippen LogP contribution in [0.15, 0.2) is 17.0 Å². The Kier molecular flexibility index (Phi) is 2.52. The summed E-state index contributed by atoms with van der Waals surface area (Å²) in [5.41, 5.74) is 0.941. The molecule has 15 heavy (non-hydrogen) atoms. The molecule has 0 aliphatic carbocycles. The molecule has 0 saturated carbocycles. The first-order valence-corrected chi connectivity index (χ1v) is 6.61. The smallest absolute Gasteiger partial charge is 0.265 e. The fraction of sp³-hybridized carbons (Fsp3) is 0.333. The molecule has 0 fully saturated rings. The third-order valence-electron chi connectivity index (χ3n) is 2.24. The van der Waals surface area contributed by atoms with E-state index in [0.29, 0.717) is 12.4 Å². The molecule has 0 N–H and O–H groups in total. The van der Waals surface area contributed by atoms with E-state index in [0.717, 1.165) is 12.0 Å². The van der Waals surface area contributed by atoms with Crippen LogP contribution >= 0.6 is 10.7 Å². The molecule has 0 amide bonds. The standard InChI is InChI=1S/C9H9ClO4S/c1-13-8-4-6-2-3-14-7(6)5-9(8)15(10,11)12/h4-5H,2-3H2,1H3. The Hall–Kier alpha value is -0.940. The SMILES string of the molecule is COc1cc2c(cc1S(=O)(=O)Cl)OCC2. The molecule has 4 nitrogen and oxygen atoms in total. The number of hydrogen-bond donors (Lipinski definition) is 0. The molecule has 1 heterocycles. The molecule has 1 aromatic rings. The van der Waals surface area contributed by atoms with Gasteiger partial charge >= 0.3 is 0 Å². The van der Waals surface area contributed by atoms with Gasteiger partial charge in [-0.25, -0.2) is 8.42 Å².